The maximum atomic E-state index is 5.89. The van der Waals surface area contributed by atoms with Gasteiger partial charge in [0.1, 0.15) is 17.3 Å². The molecule has 0 aliphatic heterocycles. The predicted molar refractivity (Wildman–Crippen MR) is 72.8 cm³/mol. The second-order valence-corrected chi connectivity index (χ2v) is 4.38. The quantitative estimate of drug-likeness (QED) is 0.878. The Morgan fingerprint density at radius 2 is 2.00 bits per heavy atom. The number of methoxy groups -OCH3 is 1. The van der Waals surface area contributed by atoms with Crippen molar-refractivity contribution < 1.29 is 9.15 Å². The van der Waals surface area contributed by atoms with Crippen LogP contribution in [0.1, 0.15) is 25.0 Å². The SMILES string of the molecule is COc1ccccc1-c1ccc(C(C)CCN)o1. The molecule has 2 rings (SSSR count). The van der Waals surface area contributed by atoms with Crippen LogP contribution >= 0.6 is 0 Å². The smallest absolute Gasteiger partial charge is 0.138 e. The van der Waals surface area contributed by atoms with Gasteiger partial charge in [-0.25, -0.2) is 0 Å². The Hall–Kier alpha value is -1.74. The number of hydrogen-bond acceptors (Lipinski definition) is 3. The van der Waals surface area contributed by atoms with E-state index in [-0.39, 0.29) is 0 Å². The van der Waals surface area contributed by atoms with Crippen molar-refractivity contribution in [2.45, 2.75) is 19.3 Å². The van der Waals surface area contributed by atoms with Gasteiger partial charge < -0.3 is 14.9 Å². The minimum absolute atomic E-state index is 0.346. The van der Waals surface area contributed by atoms with Crippen LogP contribution in [0.2, 0.25) is 0 Å². The first-order chi connectivity index (χ1) is 8.76. The molecule has 3 heteroatoms. The van der Waals surface area contributed by atoms with Crippen LogP contribution in [0.25, 0.3) is 11.3 Å². The van der Waals surface area contributed by atoms with Crippen LogP contribution in [0, 0.1) is 0 Å². The van der Waals surface area contributed by atoms with Crippen LogP contribution in [-0.2, 0) is 0 Å². The molecule has 1 unspecified atom stereocenters. The molecule has 1 atom stereocenters. The molecule has 1 aromatic carbocycles. The molecule has 0 saturated heterocycles. The van der Waals surface area contributed by atoms with Crippen molar-refractivity contribution in [3.05, 3.63) is 42.2 Å². The summed E-state index contributed by atoms with van der Waals surface area (Å²) in [5.41, 5.74) is 6.55. The number of rotatable bonds is 5. The highest BCUT2D eigenvalue weighted by Gasteiger charge is 2.13. The molecule has 1 aromatic heterocycles. The lowest BCUT2D eigenvalue weighted by molar-refractivity contribution is 0.413. The summed E-state index contributed by atoms with van der Waals surface area (Å²) >= 11 is 0. The summed E-state index contributed by atoms with van der Waals surface area (Å²) in [5.74, 6) is 2.98. The third-order valence-electron chi connectivity index (χ3n) is 3.08. The zero-order valence-electron chi connectivity index (χ0n) is 10.8. The van der Waals surface area contributed by atoms with E-state index in [1.807, 2.05) is 36.4 Å². The van der Waals surface area contributed by atoms with Gasteiger partial charge in [0.2, 0.25) is 0 Å². The monoisotopic (exact) mass is 245 g/mol. The number of furan rings is 1. The van der Waals surface area contributed by atoms with Crippen molar-refractivity contribution >= 4 is 0 Å². The maximum Gasteiger partial charge on any atom is 0.138 e. The van der Waals surface area contributed by atoms with Gasteiger partial charge in [-0.05, 0) is 37.2 Å². The lowest BCUT2D eigenvalue weighted by Gasteiger charge is -2.07. The van der Waals surface area contributed by atoms with E-state index in [0.717, 1.165) is 29.3 Å². The van der Waals surface area contributed by atoms with E-state index in [1.54, 1.807) is 7.11 Å². The first kappa shape index (κ1) is 12.7. The van der Waals surface area contributed by atoms with Gasteiger partial charge in [-0.15, -0.1) is 0 Å². The summed E-state index contributed by atoms with van der Waals surface area (Å²) in [6, 6.07) is 11.9. The highest BCUT2D eigenvalue weighted by atomic mass is 16.5. The third-order valence-corrected chi connectivity index (χ3v) is 3.08. The number of nitrogens with two attached hydrogens (primary N) is 1. The zero-order valence-corrected chi connectivity index (χ0v) is 10.8. The topological polar surface area (TPSA) is 48.4 Å². The molecule has 0 amide bonds. The minimum atomic E-state index is 0.346. The lowest BCUT2D eigenvalue weighted by atomic mass is 10.1. The van der Waals surface area contributed by atoms with Crippen LogP contribution in [-0.4, -0.2) is 13.7 Å². The molecule has 1 heterocycles. The molecule has 0 bridgehead atoms. The Morgan fingerprint density at radius 1 is 1.22 bits per heavy atom. The van der Waals surface area contributed by atoms with Crippen molar-refractivity contribution in [3.8, 4) is 17.1 Å². The molecule has 0 aliphatic carbocycles. The van der Waals surface area contributed by atoms with Crippen LogP contribution in [0.4, 0.5) is 0 Å². The van der Waals surface area contributed by atoms with Gasteiger partial charge in [0, 0.05) is 5.92 Å². The predicted octanol–water partition coefficient (Wildman–Crippen LogP) is 3.41. The van der Waals surface area contributed by atoms with Gasteiger partial charge in [0.15, 0.2) is 0 Å². The normalized spacial score (nSPS) is 12.4. The van der Waals surface area contributed by atoms with Crippen LogP contribution in [0.5, 0.6) is 5.75 Å². The average molecular weight is 245 g/mol. The van der Waals surface area contributed by atoms with Crippen molar-refractivity contribution in [3.63, 3.8) is 0 Å². The van der Waals surface area contributed by atoms with Crippen molar-refractivity contribution in [1.29, 1.82) is 0 Å². The molecule has 0 saturated carbocycles. The summed E-state index contributed by atoms with van der Waals surface area (Å²) in [7, 11) is 1.67. The minimum Gasteiger partial charge on any atom is -0.496 e. The Bertz CT molecular complexity index is 505. The van der Waals surface area contributed by atoms with E-state index < -0.39 is 0 Å². The molecular formula is C15H19NO2. The summed E-state index contributed by atoms with van der Waals surface area (Å²) in [5, 5.41) is 0. The van der Waals surface area contributed by atoms with E-state index in [1.165, 1.54) is 0 Å². The fraction of sp³-hybridized carbons (Fsp3) is 0.333. The average Bonchev–Trinajstić information content (AvgIpc) is 2.88. The highest BCUT2D eigenvalue weighted by molar-refractivity contribution is 5.65. The Balaban J connectivity index is 2.29. The first-order valence-corrected chi connectivity index (χ1v) is 6.19. The summed E-state index contributed by atoms with van der Waals surface area (Å²) in [6.07, 6.45) is 0.929. The highest BCUT2D eigenvalue weighted by Crippen LogP contribution is 2.33. The van der Waals surface area contributed by atoms with Gasteiger partial charge >= 0.3 is 0 Å². The van der Waals surface area contributed by atoms with Gasteiger partial charge in [0.05, 0.1) is 12.7 Å². The molecule has 0 spiro atoms. The van der Waals surface area contributed by atoms with Crippen LogP contribution in [0.15, 0.2) is 40.8 Å². The summed E-state index contributed by atoms with van der Waals surface area (Å²) in [6.45, 7) is 2.80. The van der Waals surface area contributed by atoms with E-state index in [2.05, 4.69) is 6.92 Å². The van der Waals surface area contributed by atoms with E-state index in [9.17, 15) is 0 Å². The zero-order chi connectivity index (χ0) is 13.0. The molecular weight excluding hydrogens is 226 g/mol. The second-order valence-electron chi connectivity index (χ2n) is 4.38. The molecule has 3 nitrogen and oxygen atoms in total. The van der Waals surface area contributed by atoms with E-state index in [0.29, 0.717) is 12.5 Å². The lowest BCUT2D eigenvalue weighted by Crippen LogP contribution is -2.03. The molecule has 2 N–H and O–H groups in total. The number of ether oxygens (including phenoxy) is 1. The van der Waals surface area contributed by atoms with Crippen molar-refractivity contribution in [2.75, 3.05) is 13.7 Å². The summed E-state index contributed by atoms with van der Waals surface area (Å²) in [4.78, 5) is 0. The van der Waals surface area contributed by atoms with Gasteiger partial charge in [-0.1, -0.05) is 19.1 Å². The van der Waals surface area contributed by atoms with Gasteiger partial charge in [-0.3, -0.25) is 0 Å². The maximum absolute atomic E-state index is 5.89. The number of hydrogen-bond donors (Lipinski definition) is 1. The second kappa shape index (κ2) is 5.74. The Labute approximate surface area is 108 Å². The molecule has 2 aromatic rings. The third kappa shape index (κ3) is 2.57. The van der Waals surface area contributed by atoms with Gasteiger partial charge in [0.25, 0.3) is 0 Å². The van der Waals surface area contributed by atoms with Crippen LogP contribution < -0.4 is 10.5 Å². The molecule has 0 fully saturated rings. The summed E-state index contributed by atoms with van der Waals surface area (Å²) < 4.78 is 11.2. The van der Waals surface area contributed by atoms with E-state index in [4.69, 9.17) is 14.9 Å². The molecule has 18 heavy (non-hydrogen) atoms. The molecule has 96 valence electrons. The molecule has 0 radical (unpaired) electrons. The van der Waals surface area contributed by atoms with Crippen molar-refractivity contribution in [1.82, 2.24) is 0 Å². The standard InChI is InChI=1S/C15H19NO2/c1-11(9-10-16)13-7-8-15(18-13)12-5-3-4-6-14(12)17-2/h3-8,11H,9-10,16H2,1-2H3. The number of para-hydroxylation sites is 1. The van der Waals surface area contributed by atoms with Crippen molar-refractivity contribution in [2.24, 2.45) is 5.73 Å². The number of benzene rings is 1. The van der Waals surface area contributed by atoms with Crippen LogP contribution in [0.3, 0.4) is 0 Å². The Morgan fingerprint density at radius 3 is 2.72 bits per heavy atom. The Kier molecular flexibility index (Phi) is 4.05. The fourth-order valence-corrected chi connectivity index (χ4v) is 2.00. The fourth-order valence-electron chi connectivity index (χ4n) is 2.00. The van der Waals surface area contributed by atoms with Gasteiger partial charge in [-0.2, -0.15) is 0 Å². The largest absolute Gasteiger partial charge is 0.496 e. The molecule has 0 aliphatic rings. The van der Waals surface area contributed by atoms with E-state index >= 15 is 0 Å². The first-order valence-electron chi connectivity index (χ1n) is 6.19.